The Bertz CT molecular complexity index is 786. The Balaban J connectivity index is 1.50. The number of para-hydroxylation sites is 1. The number of carbonyl (C=O) groups excluding carboxylic acids is 1. The summed E-state index contributed by atoms with van der Waals surface area (Å²) in [5.74, 6) is 1.08. The third kappa shape index (κ3) is 4.30. The van der Waals surface area contributed by atoms with Crippen LogP contribution < -0.4 is 14.8 Å². The van der Waals surface area contributed by atoms with Gasteiger partial charge in [-0.15, -0.1) is 0 Å². The van der Waals surface area contributed by atoms with E-state index in [2.05, 4.69) is 34.5 Å². The van der Waals surface area contributed by atoms with E-state index < -0.39 is 0 Å². The third-order valence-corrected chi connectivity index (χ3v) is 5.53. The van der Waals surface area contributed by atoms with Gasteiger partial charge in [-0.05, 0) is 43.6 Å². The van der Waals surface area contributed by atoms with Crippen LogP contribution in [0.2, 0.25) is 0 Å². The van der Waals surface area contributed by atoms with Crippen molar-refractivity contribution in [1.29, 1.82) is 0 Å². The molecule has 0 saturated carbocycles. The summed E-state index contributed by atoms with van der Waals surface area (Å²) in [5.41, 5.74) is 1.79. The highest BCUT2D eigenvalue weighted by Crippen LogP contribution is 2.33. The molecule has 0 spiro atoms. The first-order valence-corrected chi connectivity index (χ1v) is 10.3. The van der Waals surface area contributed by atoms with Crippen LogP contribution in [-0.2, 0) is 0 Å². The number of hydrogen-bond donors (Lipinski definition) is 1. The Kier molecular flexibility index (Phi) is 6.12. The maximum absolute atomic E-state index is 12.9. The molecule has 0 radical (unpaired) electrons. The SMILES string of the molecule is O=C(NCC(c1ccccc1)N1CCCCCC1)c1cccc2c1OCCO2. The van der Waals surface area contributed by atoms with Crippen LogP contribution >= 0.6 is 0 Å². The monoisotopic (exact) mass is 380 g/mol. The van der Waals surface area contributed by atoms with Crippen molar-refractivity contribution in [3.8, 4) is 11.5 Å². The van der Waals surface area contributed by atoms with Crippen LogP contribution in [0, 0.1) is 0 Å². The van der Waals surface area contributed by atoms with Crippen molar-refractivity contribution in [2.45, 2.75) is 31.7 Å². The van der Waals surface area contributed by atoms with E-state index in [1.807, 2.05) is 18.2 Å². The standard InChI is InChI=1S/C23H28N2O3/c26-23(19-11-8-12-21-22(19)28-16-15-27-21)24-17-20(18-9-4-3-5-10-18)25-13-6-1-2-7-14-25/h3-5,8-12,20H,1-2,6-7,13-17H2,(H,24,26). The number of rotatable bonds is 5. The molecular weight excluding hydrogens is 352 g/mol. The molecular formula is C23H28N2O3. The van der Waals surface area contributed by atoms with Crippen LogP contribution in [-0.4, -0.2) is 43.7 Å². The highest BCUT2D eigenvalue weighted by Gasteiger charge is 2.24. The molecule has 1 fully saturated rings. The molecule has 2 aliphatic rings. The normalized spacial score (nSPS) is 18.1. The van der Waals surface area contributed by atoms with E-state index in [4.69, 9.17) is 9.47 Å². The van der Waals surface area contributed by atoms with Gasteiger partial charge >= 0.3 is 0 Å². The van der Waals surface area contributed by atoms with Gasteiger partial charge in [-0.25, -0.2) is 0 Å². The molecule has 28 heavy (non-hydrogen) atoms. The van der Waals surface area contributed by atoms with Crippen molar-refractivity contribution in [1.82, 2.24) is 10.2 Å². The lowest BCUT2D eigenvalue weighted by Crippen LogP contribution is -2.39. The molecule has 1 N–H and O–H groups in total. The van der Waals surface area contributed by atoms with E-state index in [1.165, 1.54) is 31.2 Å². The minimum absolute atomic E-state index is 0.113. The second-order valence-corrected chi connectivity index (χ2v) is 7.42. The summed E-state index contributed by atoms with van der Waals surface area (Å²) in [6.07, 6.45) is 5.01. The summed E-state index contributed by atoms with van der Waals surface area (Å²) in [7, 11) is 0. The summed E-state index contributed by atoms with van der Waals surface area (Å²) in [4.78, 5) is 15.5. The zero-order chi connectivity index (χ0) is 19.2. The molecule has 5 heteroatoms. The molecule has 1 saturated heterocycles. The van der Waals surface area contributed by atoms with Crippen molar-refractivity contribution < 1.29 is 14.3 Å². The second-order valence-electron chi connectivity index (χ2n) is 7.42. The van der Waals surface area contributed by atoms with Crippen molar-refractivity contribution in [3.05, 3.63) is 59.7 Å². The van der Waals surface area contributed by atoms with Gasteiger partial charge in [-0.3, -0.25) is 9.69 Å². The summed E-state index contributed by atoms with van der Waals surface area (Å²) >= 11 is 0. The lowest BCUT2D eigenvalue weighted by Gasteiger charge is -2.31. The molecule has 1 atom stereocenters. The number of hydrogen-bond acceptors (Lipinski definition) is 4. The maximum Gasteiger partial charge on any atom is 0.255 e. The fourth-order valence-electron chi connectivity index (χ4n) is 4.08. The quantitative estimate of drug-likeness (QED) is 0.857. The van der Waals surface area contributed by atoms with Crippen LogP contribution in [0.5, 0.6) is 11.5 Å². The first-order valence-electron chi connectivity index (χ1n) is 10.3. The van der Waals surface area contributed by atoms with Crippen LogP contribution in [0.1, 0.15) is 47.6 Å². The van der Waals surface area contributed by atoms with Gasteiger partial charge in [0, 0.05) is 6.54 Å². The molecule has 1 unspecified atom stereocenters. The van der Waals surface area contributed by atoms with Crippen molar-refractivity contribution >= 4 is 5.91 Å². The van der Waals surface area contributed by atoms with E-state index in [1.54, 1.807) is 6.07 Å². The van der Waals surface area contributed by atoms with E-state index in [0.29, 0.717) is 36.8 Å². The van der Waals surface area contributed by atoms with Crippen molar-refractivity contribution in [2.24, 2.45) is 0 Å². The number of ether oxygens (including phenoxy) is 2. The number of nitrogens with one attached hydrogen (secondary N) is 1. The minimum atomic E-state index is -0.113. The predicted octanol–water partition coefficient (Wildman–Crippen LogP) is 3.80. The molecule has 2 aromatic rings. The number of nitrogens with zero attached hydrogens (tertiary/aromatic N) is 1. The number of benzene rings is 2. The fourth-order valence-corrected chi connectivity index (χ4v) is 4.08. The molecule has 2 heterocycles. The van der Waals surface area contributed by atoms with Gasteiger partial charge < -0.3 is 14.8 Å². The fraction of sp³-hybridized carbons (Fsp3) is 0.435. The largest absolute Gasteiger partial charge is 0.486 e. The van der Waals surface area contributed by atoms with Crippen LogP contribution in [0.25, 0.3) is 0 Å². The average molecular weight is 380 g/mol. The minimum Gasteiger partial charge on any atom is -0.486 e. The summed E-state index contributed by atoms with van der Waals surface area (Å²) in [6, 6.07) is 16.1. The first kappa shape index (κ1) is 18.8. The number of amides is 1. The lowest BCUT2D eigenvalue weighted by atomic mass is 10.0. The summed E-state index contributed by atoms with van der Waals surface area (Å²) in [6.45, 7) is 3.72. The topological polar surface area (TPSA) is 50.8 Å². The molecule has 0 aromatic heterocycles. The Morgan fingerprint density at radius 2 is 1.68 bits per heavy atom. The van der Waals surface area contributed by atoms with Gasteiger partial charge in [-0.2, -0.15) is 0 Å². The van der Waals surface area contributed by atoms with Crippen molar-refractivity contribution in [2.75, 3.05) is 32.8 Å². The van der Waals surface area contributed by atoms with Gasteiger partial charge in [-0.1, -0.05) is 49.2 Å². The summed E-state index contributed by atoms with van der Waals surface area (Å²) in [5, 5.41) is 3.15. The molecule has 2 aromatic carbocycles. The predicted molar refractivity (Wildman–Crippen MR) is 109 cm³/mol. The zero-order valence-corrected chi connectivity index (χ0v) is 16.2. The molecule has 0 aliphatic carbocycles. The van der Waals surface area contributed by atoms with E-state index in [0.717, 1.165) is 13.1 Å². The molecule has 148 valence electrons. The summed E-state index contributed by atoms with van der Waals surface area (Å²) < 4.78 is 11.3. The zero-order valence-electron chi connectivity index (χ0n) is 16.2. The molecule has 4 rings (SSSR count). The van der Waals surface area contributed by atoms with E-state index in [9.17, 15) is 4.79 Å². The van der Waals surface area contributed by atoms with Gasteiger partial charge in [0.1, 0.15) is 13.2 Å². The van der Waals surface area contributed by atoms with Crippen molar-refractivity contribution in [3.63, 3.8) is 0 Å². The lowest BCUT2D eigenvalue weighted by molar-refractivity contribution is 0.0922. The van der Waals surface area contributed by atoms with E-state index >= 15 is 0 Å². The van der Waals surface area contributed by atoms with Crippen LogP contribution in [0.4, 0.5) is 0 Å². The Hall–Kier alpha value is -2.53. The third-order valence-electron chi connectivity index (χ3n) is 5.53. The Labute approximate surface area is 166 Å². The van der Waals surface area contributed by atoms with Crippen LogP contribution in [0.15, 0.2) is 48.5 Å². The highest BCUT2D eigenvalue weighted by atomic mass is 16.6. The highest BCUT2D eigenvalue weighted by molar-refractivity contribution is 5.97. The van der Waals surface area contributed by atoms with E-state index in [-0.39, 0.29) is 11.9 Å². The molecule has 2 aliphatic heterocycles. The Morgan fingerprint density at radius 3 is 2.46 bits per heavy atom. The average Bonchev–Trinajstić information content (AvgIpc) is 3.04. The second kappa shape index (κ2) is 9.11. The smallest absolute Gasteiger partial charge is 0.255 e. The Morgan fingerprint density at radius 1 is 0.929 bits per heavy atom. The molecule has 1 amide bonds. The van der Waals surface area contributed by atoms with Crippen LogP contribution in [0.3, 0.4) is 0 Å². The van der Waals surface area contributed by atoms with Gasteiger partial charge in [0.2, 0.25) is 0 Å². The number of carbonyl (C=O) groups is 1. The first-order chi connectivity index (χ1) is 13.8. The maximum atomic E-state index is 12.9. The van der Waals surface area contributed by atoms with Gasteiger partial charge in [0.05, 0.1) is 11.6 Å². The van der Waals surface area contributed by atoms with Gasteiger partial charge in [0.25, 0.3) is 5.91 Å². The van der Waals surface area contributed by atoms with Gasteiger partial charge in [0.15, 0.2) is 11.5 Å². The number of likely N-dealkylation sites (tertiary alicyclic amines) is 1. The molecule has 0 bridgehead atoms. The molecule has 5 nitrogen and oxygen atoms in total. The number of fused-ring (bicyclic) bond motifs is 1.